The van der Waals surface area contributed by atoms with E-state index in [1.807, 2.05) is 36.4 Å². The standard InChI is InChI=1S/C16H12Cl2N2O/c17-12-2-1-3-14(10-12)21-16-9-11(4-5-15(16)18)8-13-6-7-19-20-13/h1-7,9-10H,8H2,(H,19,20). The third kappa shape index (κ3) is 3.57. The molecule has 1 N–H and O–H groups in total. The second-order valence-corrected chi connectivity index (χ2v) is 5.41. The van der Waals surface area contributed by atoms with Gasteiger partial charge in [-0.2, -0.15) is 5.10 Å². The molecule has 0 fully saturated rings. The minimum atomic E-state index is 0.556. The van der Waals surface area contributed by atoms with Crippen molar-refractivity contribution >= 4 is 23.2 Å². The number of benzene rings is 2. The van der Waals surface area contributed by atoms with Crippen LogP contribution in [0.1, 0.15) is 11.3 Å². The molecular formula is C16H12Cl2N2O. The molecule has 0 radical (unpaired) electrons. The lowest BCUT2D eigenvalue weighted by atomic mass is 10.1. The van der Waals surface area contributed by atoms with Crippen molar-refractivity contribution in [2.75, 3.05) is 0 Å². The van der Waals surface area contributed by atoms with Crippen molar-refractivity contribution in [3.05, 3.63) is 76.0 Å². The zero-order valence-electron chi connectivity index (χ0n) is 11.0. The van der Waals surface area contributed by atoms with E-state index in [9.17, 15) is 0 Å². The van der Waals surface area contributed by atoms with Gasteiger partial charge in [-0.25, -0.2) is 0 Å². The molecule has 0 saturated carbocycles. The molecule has 0 aliphatic heterocycles. The van der Waals surface area contributed by atoms with Crippen LogP contribution < -0.4 is 4.74 Å². The van der Waals surface area contributed by atoms with Gasteiger partial charge in [-0.3, -0.25) is 5.10 Å². The summed E-state index contributed by atoms with van der Waals surface area (Å²) in [5, 5.41) is 8.12. The number of H-pyrrole nitrogens is 1. The molecule has 0 atom stereocenters. The fraction of sp³-hybridized carbons (Fsp3) is 0.0625. The number of halogens is 2. The van der Waals surface area contributed by atoms with Crippen LogP contribution in [0.15, 0.2) is 54.7 Å². The van der Waals surface area contributed by atoms with Crippen LogP contribution in [-0.4, -0.2) is 10.2 Å². The van der Waals surface area contributed by atoms with E-state index in [0.717, 1.165) is 11.3 Å². The fourth-order valence-corrected chi connectivity index (χ4v) is 2.33. The maximum atomic E-state index is 6.19. The lowest BCUT2D eigenvalue weighted by molar-refractivity contribution is 0.482. The van der Waals surface area contributed by atoms with Crippen molar-refractivity contribution in [3.8, 4) is 11.5 Å². The van der Waals surface area contributed by atoms with Gasteiger partial charge in [-0.05, 0) is 42.0 Å². The van der Waals surface area contributed by atoms with Gasteiger partial charge >= 0.3 is 0 Å². The smallest absolute Gasteiger partial charge is 0.146 e. The van der Waals surface area contributed by atoms with Gasteiger partial charge < -0.3 is 4.74 Å². The molecule has 0 amide bonds. The van der Waals surface area contributed by atoms with E-state index in [0.29, 0.717) is 28.0 Å². The van der Waals surface area contributed by atoms with E-state index in [-0.39, 0.29) is 0 Å². The Labute approximate surface area is 132 Å². The molecule has 0 unspecified atom stereocenters. The highest BCUT2D eigenvalue weighted by atomic mass is 35.5. The second-order valence-electron chi connectivity index (χ2n) is 4.57. The topological polar surface area (TPSA) is 37.9 Å². The Hall–Kier alpha value is -1.97. The lowest BCUT2D eigenvalue weighted by Gasteiger charge is -2.09. The molecule has 0 aliphatic carbocycles. The molecule has 2 aromatic carbocycles. The first-order valence-electron chi connectivity index (χ1n) is 6.41. The molecule has 3 nitrogen and oxygen atoms in total. The zero-order valence-corrected chi connectivity index (χ0v) is 12.5. The molecule has 3 aromatic rings. The van der Waals surface area contributed by atoms with Crippen LogP contribution in [0.5, 0.6) is 11.5 Å². The number of aromatic amines is 1. The monoisotopic (exact) mass is 318 g/mol. The van der Waals surface area contributed by atoms with Gasteiger partial charge in [0, 0.05) is 17.6 Å². The Balaban J connectivity index is 1.84. The van der Waals surface area contributed by atoms with Gasteiger partial charge in [0.15, 0.2) is 0 Å². The van der Waals surface area contributed by atoms with E-state index in [2.05, 4.69) is 10.2 Å². The number of nitrogens with one attached hydrogen (secondary N) is 1. The van der Waals surface area contributed by atoms with Gasteiger partial charge in [-0.15, -0.1) is 0 Å². The highest BCUT2D eigenvalue weighted by Crippen LogP contribution is 2.31. The summed E-state index contributed by atoms with van der Waals surface area (Å²) < 4.78 is 5.81. The van der Waals surface area contributed by atoms with Gasteiger partial charge in [0.25, 0.3) is 0 Å². The Morgan fingerprint density at radius 3 is 2.71 bits per heavy atom. The summed E-state index contributed by atoms with van der Waals surface area (Å²) in [4.78, 5) is 0. The molecule has 0 saturated heterocycles. The van der Waals surface area contributed by atoms with Gasteiger partial charge in [0.2, 0.25) is 0 Å². The van der Waals surface area contributed by atoms with Crippen LogP contribution in [0.25, 0.3) is 0 Å². The second kappa shape index (κ2) is 6.20. The molecule has 5 heteroatoms. The van der Waals surface area contributed by atoms with Crippen LogP contribution in [0.4, 0.5) is 0 Å². The summed E-state index contributed by atoms with van der Waals surface area (Å²) in [6.45, 7) is 0. The Morgan fingerprint density at radius 1 is 1.05 bits per heavy atom. The Kier molecular flexibility index (Phi) is 4.13. The minimum absolute atomic E-state index is 0.556. The SMILES string of the molecule is Clc1cccc(Oc2cc(Cc3cc[nH]n3)ccc2Cl)c1. The molecular weight excluding hydrogens is 307 g/mol. The van der Waals surface area contributed by atoms with Crippen LogP contribution in [0.3, 0.4) is 0 Å². The third-order valence-electron chi connectivity index (χ3n) is 2.96. The van der Waals surface area contributed by atoms with Gasteiger partial charge in [0.05, 0.1) is 10.7 Å². The lowest BCUT2D eigenvalue weighted by Crippen LogP contribution is -1.91. The third-order valence-corrected chi connectivity index (χ3v) is 3.51. The van der Waals surface area contributed by atoms with Crippen molar-refractivity contribution in [3.63, 3.8) is 0 Å². The van der Waals surface area contributed by atoms with E-state index < -0.39 is 0 Å². The minimum Gasteiger partial charge on any atom is -0.456 e. The predicted octanol–water partition coefficient (Wildman–Crippen LogP) is 5.10. The highest BCUT2D eigenvalue weighted by Gasteiger charge is 2.07. The molecule has 0 spiro atoms. The highest BCUT2D eigenvalue weighted by molar-refractivity contribution is 6.32. The largest absolute Gasteiger partial charge is 0.456 e. The maximum Gasteiger partial charge on any atom is 0.146 e. The first-order valence-corrected chi connectivity index (χ1v) is 7.17. The van der Waals surface area contributed by atoms with Crippen molar-refractivity contribution in [1.29, 1.82) is 0 Å². The zero-order chi connectivity index (χ0) is 14.7. The number of ether oxygens (including phenoxy) is 1. The fourth-order valence-electron chi connectivity index (χ4n) is 1.99. The summed E-state index contributed by atoms with van der Waals surface area (Å²) in [5.41, 5.74) is 2.04. The van der Waals surface area contributed by atoms with Crippen molar-refractivity contribution in [2.45, 2.75) is 6.42 Å². The summed E-state index contributed by atoms with van der Waals surface area (Å²) in [6.07, 6.45) is 2.52. The predicted molar refractivity (Wildman–Crippen MR) is 84.4 cm³/mol. The molecule has 1 aromatic heterocycles. The normalized spacial score (nSPS) is 10.6. The van der Waals surface area contributed by atoms with Crippen LogP contribution in [0, 0.1) is 0 Å². The molecule has 0 bridgehead atoms. The number of rotatable bonds is 4. The van der Waals surface area contributed by atoms with Gasteiger partial charge in [-0.1, -0.05) is 35.3 Å². The molecule has 106 valence electrons. The molecule has 3 rings (SSSR count). The van der Waals surface area contributed by atoms with Crippen molar-refractivity contribution in [1.82, 2.24) is 10.2 Å². The number of hydrogen-bond acceptors (Lipinski definition) is 2. The van der Waals surface area contributed by atoms with Crippen LogP contribution in [-0.2, 0) is 6.42 Å². The van der Waals surface area contributed by atoms with E-state index in [4.69, 9.17) is 27.9 Å². The quantitative estimate of drug-likeness (QED) is 0.726. The Bertz CT molecular complexity index is 742. The molecule has 0 aliphatic rings. The average molecular weight is 319 g/mol. The molecule has 1 heterocycles. The summed E-state index contributed by atoms with van der Waals surface area (Å²) in [6, 6.07) is 14.8. The van der Waals surface area contributed by atoms with E-state index >= 15 is 0 Å². The van der Waals surface area contributed by atoms with Gasteiger partial charge in [0.1, 0.15) is 11.5 Å². The average Bonchev–Trinajstić information content (AvgIpc) is 2.95. The van der Waals surface area contributed by atoms with Crippen molar-refractivity contribution in [2.24, 2.45) is 0 Å². The summed E-state index contributed by atoms with van der Waals surface area (Å²) in [5.74, 6) is 1.26. The van der Waals surface area contributed by atoms with Crippen molar-refractivity contribution < 1.29 is 4.74 Å². The first kappa shape index (κ1) is 14.0. The summed E-state index contributed by atoms with van der Waals surface area (Å²) >= 11 is 12.1. The number of hydrogen-bond donors (Lipinski definition) is 1. The summed E-state index contributed by atoms with van der Waals surface area (Å²) in [7, 11) is 0. The molecule has 21 heavy (non-hydrogen) atoms. The Morgan fingerprint density at radius 2 is 1.95 bits per heavy atom. The van der Waals surface area contributed by atoms with E-state index in [1.165, 1.54) is 0 Å². The first-order chi connectivity index (χ1) is 10.2. The van der Waals surface area contributed by atoms with Crippen LogP contribution >= 0.6 is 23.2 Å². The maximum absolute atomic E-state index is 6.19. The number of aromatic nitrogens is 2. The number of nitrogens with zero attached hydrogens (tertiary/aromatic N) is 1. The van der Waals surface area contributed by atoms with Crippen LogP contribution in [0.2, 0.25) is 10.0 Å². The van der Waals surface area contributed by atoms with E-state index in [1.54, 1.807) is 18.3 Å².